The molecule has 0 bridgehead atoms. The number of benzene rings is 4. The number of amides is 2. The van der Waals surface area contributed by atoms with E-state index in [0.29, 0.717) is 22.5 Å². The van der Waals surface area contributed by atoms with Gasteiger partial charge in [0.2, 0.25) is 0 Å². The van der Waals surface area contributed by atoms with Gasteiger partial charge in [-0.05, 0) is 70.6 Å². The summed E-state index contributed by atoms with van der Waals surface area (Å²) in [6, 6.07) is 32.3. The molecule has 4 rings (SSSR count). The SMILES string of the molecule is CC(C)(C)c1ccc(C(=O)Nc2ccc(NC(=O)c3ccc(-c4ccccc4)cc3)cc2)cc1. The van der Waals surface area contributed by atoms with Crippen molar-refractivity contribution in [1.82, 2.24) is 0 Å². The van der Waals surface area contributed by atoms with E-state index in [1.54, 1.807) is 24.3 Å². The third kappa shape index (κ3) is 5.59. The highest BCUT2D eigenvalue weighted by Crippen LogP contribution is 2.23. The maximum absolute atomic E-state index is 12.6. The van der Waals surface area contributed by atoms with Crippen LogP contribution in [0.4, 0.5) is 11.4 Å². The Hall–Kier alpha value is -4.18. The molecule has 4 aromatic rings. The van der Waals surface area contributed by atoms with E-state index in [1.807, 2.05) is 78.9 Å². The normalized spacial score (nSPS) is 11.0. The molecule has 0 radical (unpaired) electrons. The number of hydrogen-bond donors (Lipinski definition) is 2. The van der Waals surface area contributed by atoms with Crippen molar-refractivity contribution in [2.75, 3.05) is 10.6 Å². The van der Waals surface area contributed by atoms with Gasteiger partial charge in [0, 0.05) is 22.5 Å². The Labute approximate surface area is 200 Å². The maximum atomic E-state index is 12.6. The van der Waals surface area contributed by atoms with E-state index in [1.165, 1.54) is 5.56 Å². The lowest BCUT2D eigenvalue weighted by atomic mass is 9.87. The molecule has 4 aromatic carbocycles. The molecule has 0 spiro atoms. The molecule has 0 heterocycles. The molecule has 0 fully saturated rings. The molecule has 4 heteroatoms. The van der Waals surface area contributed by atoms with Crippen molar-refractivity contribution in [2.45, 2.75) is 26.2 Å². The molecule has 4 nitrogen and oxygen atoms in total. The maximum Gasteiger partial charge on any atom is 0.255 e. The molecule has 0 aliphatic rings. The number of carbonyl (C=O) groups excluding carboxylic acids is 2. The first-order chi connectivity index (χ1) is 16.3. The molecular formula is C30H28N2O2. The molecule has 34 heavy (non-hydrogen) atoms. The van der Waals surface area contributed by atoms with E-state index in [2.05, 4.69) is 31.4 Å². The summed E-state index contributed by atoms with van der Waals surface area (Å²) in [6.07, 6.45) is 0. The Morgan fingerprint density at radius 1 is 0.529 bits per heavy atom. The Morgan fingerprint density at radius 3 is 1.38 bits per heavy atom. The predicted molar refractivity (Wildman–Crippen MR) is 139 cm³/mol. The molecule has 0 unspecified atom stereocenters. The molecule has 2 amide bonds. The highest BCUT2D eigenvalue weighted by molar-refractivity contribution is 6.06. The summed E-state index contributed by atoms with van der Waals surface area (Å²) in [5.74, 6) is -0.355. The van der Waals surface area contributed by atoms with Gasteiger partial charge in [-0.2, -0.15) is 0 Å². The van der Waals surface area contributed by atoms with Crippen molar-refractivity contribution in [1.29, 1.82) is 0 Å². The Kier molecular flexibility index (Phi) is 6.60. The van der Waals surface area contributed by atoms with E-state index in [4.69, 9.17) is 0 Å². The number of anilines is 2. The van der Waals surface area contributed by atoms with E-state index >= 15 is 0 Å². The monoisotopic (exact) mass is 448 g/mol. The van der Waals surface area contributed by atoms with Gasteiger partial charge in [0.15, 0.2) is 0 Å². The van der Waals surface area contributed by atoms with Gasteiger partial charge in [-0.3, -0.25) is 9.59 Å². The topological polar surface area (TPSA) is 58.2 Å². The first-order valence-electron chi connectivity index (χ1n) is 11.3. The van der Waals surface area contributed by atoms with Crippen LogP contribution in [0.1, 0.15) is 47.1 Å². The first-order valence-corrected chi connectivity index (χ1v) is 11.3. The fourth-order valence-electron chi connectivity index (χ4n) is 3.61. The van der Waals surface area contributed by atoms with Gasteiger partial charge in [-0.1, -0.05) is 75.4 Å². The van der Waals surface area contributed by atoms with Crippen LogP contribution in [-0.2, 0) is 5.41 Å². The zero-order chi connectivity index (χ0) is 24.1. The van der Waals surface area contributed by atoms with Crippen LogP contribution in [-0.4, -0.2) is 11.8 Å². The van der Waals surface area contributed by atoms with Crippen LogP contribution in [0.25, 0.3) is 11.1 Å². The Morgan fingerprint density at radius 2 is 0.941 bits per heavy atom. The molecule has 0 aromatic heterocycles. The number of hydrogen-bond acceptors (Lipinski definition) is 2. The second-order valence-electron chi connectivity index (χ2n) is 9.26. The molecule has 0 aliphatic carbocycles. The molecule has 170 valence electrons. The van der Waals surface area contributed by atoms with Crippen LogP contribution in [0.15, 0.2) is 103 Å². The average molecular weight is 449 g/mol. The van der Waals surface area contributed by atoms with E-state index in [-0.39, 0.29) is 17.2 Å². The molecule has 0 aliphatic heterocycles. The number of nitrogens with one attached hydrogen (secondary N) is 2. The first kappa shape index (κ1) is 23.0. The molecular weight excluding hydrogens is 420 g/mol. The van der Waals surface area contributed by atoms with Crippen LogP contribution >= 0.6 is 0 Å². The van der Waals surface area contributed by atoms with Crippen molar-refractivity contribution in [3.8, 4) is 11.1 Å². The van der Waals surface area contributed by atoms with Gasteiger partial charge in [0.25, 0.3) is 11.8 Å². The van der Waals surface area contributed by atoms with Crippen molar-refractivity contribution in [2.24, 2.45) is 0 Å². The van der Waals surface area contributed by atoms with Gasteiger partial charge in [-0.25, -0.2) is 0 Å². The Bertz CT molecular complexity index is 1270. The largest absolute Gasteiger partial charge is 0.322 e. The molecule has 0 saturated heterocycles. The zero-order valence-corrected chi connectivity index (χ0v) is 19.6. The molecule has 2 N–H and O–H groups in total. The van der Waals surface area contributed by atoms with Gasteiger partial charge < -0.3 is 10.6 Å². The zero-order valence-electron chi connectivity index (χ0n) is 19.6. The summed E-state index contributed by atoms with van der Waals surface area (Å²) in [6.45, 7) is 6.42. The lowest BCUT2D eigenvalue weighted by molar-refractivity contribution is 0.101. The van der Waals surface area contributed by atoms with E-state index in [0.717, 1.165) is 11.1 Å². The second kappa shape index (κ2) is 9.75. The standard InChI is InChI=1S/C30H28N2O2/c1-30(2,3)25-15-13-24(14-16-25)29(34)32-27-19-17-26(18-20-27)31-28(33)23-11-9-22(10-12-23)21-7-5-4-6-8-21/h4-20H,1-3H3,(H,31,33)(H,32,34). The highest BCUT2D eigenvalue weighted by Gasteiger charge is 2.14. The molecule has 0 saturated carbocycles. The fraction of sp³-hybridized carbons (Fsp3) is 0.133. The van der Waals surface area contributed by atoms with Crippen LogP contribution in [0.2, 0.25) is 0 Å². The van der Waals surface area contributed by atoms with Crippen LogP contribution in [0, 0.1) is 0 Å². The minimum atomic E-state index is -0.185. The van der Waals surface area contributed by atoms with Crippen LogP contribution in [0.5, 0.6) is 0 Å². The van der Waals surface area contributed by atoms with E-state index in [9.17, 15) is 9.59 Å². The minimum absolute atomic E-state index is 0.0409. The summed E-state index contributed by atoms with van der Waals surface area (Å²) >= 11 is 0. The second-order valence-corrected chi connectivity index (χ2v) is 9.26. The smallest absolute Gasteiger partial charge is 0.255 e. The van der Waals surface area contributed by atoms with Gasteiger partial charge in [0.05, 0.1) is 0 Å². The van der Waals surface area contributed by atoms with Crippen molar-refractivity contribution in [3.05, 3.63) is 120 Å². The summed E-state index contributed by atoms with van der Waals surface area (Å²) in [5.41, 5.74) is 5.89. The van der Waals surface area contributed by atoms with Crippen molar-refractivity contribution in [3.63, 3.8) is 0 Å². The lowest BCUT2D eigenvalue weighted by Gasteiger charge is -2.19. The fourth-order valence-corrected chi connectivity index (χ4v) is 3.61. The Balaban J connectivity index is 1.36. The number of rotatable bonds is 5. The summed E-state index contributed by atoms with van der Waals surface area (Å²) in [5, 5.41) is 5.80. The van der Waals surface area contributed by atoms with Crippen molar-refractivity contribution >= 4 is 23.2 Å². The summed E-state index contributed by atoms with van der Waals surface area (Å²) in [7, 11) is 0. The minimum Gasteiger partial charge on any atom is -0.322 e. The third-order valence-corrected chi connectivity index (χ3v) is 5.67. The third-order valence-electron chi connectivity index (χ3n) is 5.67. The summed E-state index contributed by atoms with van der Waals surface area (Å²) in [4.78, 5) is 25.2. The lowest BCUT2D eigenvalue weighted by Crippen LogP contribution is -2.14. The number of carbonyl (C=O) groups is 2. The van der Waals surface area contributed by atoms with Crippen molar-refractivity contribution < 1.29 is 9.59 Å². The van der Waals surface area contributed by atoms with Crippen LogP contribution in [0.3, 0.4) is 0 Å². The predicted octanol–water partition coefficient (Wildman–Crippen LogP) is 7.16. The quantitative estimate of drug-likeness (QED) is 0.340. The van der Waals surface area contributed by atoms with Crippen LogP contribution < -0.4 is 10.6 Å². The van der Waals surface area contributed by atoms with E-state index < -0.39 is 0 Å². The molecule has 0 atom stereocenters. The van der Waals surface area contributed by atoms with Gasteiger partial charge >= 0.3 is 0 Å². The van der Waals surface area contributed by atoms with Gasteiger partial charge in [0.1, 0.15) is 0 Å². The average Bonchev–Trinajstić information content (AvgIpc) is 2.85. The van der Waals surface area contributed by atoms with Gasteiger partial charge in [-0.15, -0.1) is 0 Å². The highest BCUT2D eigenvalue weighted by atomic mass is 16.2. The summed E-state index contributed by atoms with van der Waals surface area (Å²) < 4.78 is 0.